The highest BCUT2D eigenvalue weighted by atomic mass is 19.1. The van der Waals surface area contributed by atoms with Crippen molar-refractivity contribution in [2.45, 2.75) is 38.3 Å². The molecule has 0 saturated heterocycles. The van der Waals surface area contributed by atoms with Crippen LogP contribution in [0.25, 0.3) is 16.9 Å². The van der Waals surface area contributed by atoms with E-state index in [1.165, 1.54) is 18.6 Å². The first-order chi connectivity index (χ1) is 15.2. The molecule has 0 unspecified atom stereocenters. The number of benzene rings is 1. The van der Waals surface area contributed by atoms with Gasteiger partial charge in [0, 0.05) is 29.3 Å². The van der Waals surface area contributed by atoms with Crippen LogP contribution in [-0.4, -0.2) is 29.8 Å². The third kappa shape index (κ3) is 2.96. The molecule has 2 N–H and O–H groups in total. The summed E-state index contributed by atoms with van der Waals surface area (Å²) >= 11 is 0. The van der Waals surface area contributed by atoms with Crippen LogP contribution in [0.4, 0.5) is 10.2 Å². The number of halogens is 1. The number of rotatable bonds is 1. The van der Waals surface area contributed by atoms with Gasteiger partial charge in [-0.15, -0.1) is 5.10 Å². The molecule has 1 saturated carbocycles. The van der Waals surface area contributed by atoms with Crippen LogP contribution >= 0.6 is 0 Å². The molecule has 2 aliphatic rings. The van der Waals surface area contributed by atoms with Gasteiger partial charge in [-0.3, -0.25) is 4.68 Å². The number of nitrogen functional groups attached to an aromatic ring is 1. The molecule has 1 aliphatic heterocycles. The van der Waals surface area contributed by atoms with Crippen LogP contribution in [0.2, 0.25) is 0 Å². The summed E-state index contributed by atoms with van der Waals surface area (Å²) in [7, 11) is 0. The Morgan fingerprint density at radius 2 is 2.00 bits per heavy atom. The lowest BCUT2D eigenvalue weighted by molar-refractivity contribution is 0.291. The summed E-state index contributed by atoms with van der Waals surface area (Å²) < 4.78 is 23.9. The van der Waals surface area contributed by atoms with Crippen LogP contribution in [0.3, 0.4) is 0 Å². The third-order valence-electron chi connectivity index (χ3n) is 6.09. The van der Waals surface area contributed by atoms with E-state index >= 15 is 0 Å². The van der Waals surface area contributed by atoms with E-state index in [1.807, 2.05) is 12.3 Å². The van der Waals surface area contributed by atoms with E-state index in [0.717, 1.165) is 35.4 Å². The zero-order chi connectivity index (χ0) is 20.9. The van der Waals surface area contributed by atoms with Gasteiger partial charge < -0.3 is 10.5 Å². The van der Waals surface area contributed by atoms with Gasteiger partial charge in [0.05, 0.1) is 35.5 Å². The first-order valence-corrected chi connectivity index (χ1v) is 10.3. The maximum atomic E-state index is 14.0. The van der Waals surface area contributed by atoms with Crippen LogP contribution in [0.15, 0.2) is 42.9 Å². The zero-order valence-corrected chi connectivity index (χ0v) is 16.7. The Labute approximate surface area is 177 Å². The molecule has 1 fully saturated rings. The van der Waals surface area contributed by atoms with Gasteiger partial charge in [-0.25, -0.2) is 14.1 Å². The number of pyridine rings is 1. The minimum atomic E-state index is -0.347. The SMILES string of the molecule is Nc1ncc2cc1OCc1cc(F)ccc1-n1nncc1Cc1cnn(C3CCC3)c1-2. The van der Waals surface area contributed by atoms with E-state index in [4.69, 9.17) is 15.6 Å². The molecule has 1 aromatic carbocycles. The van der Waals surface area contributed by atoms with Crippen molar-refractivity contribution in [2.24, 2.45) is 0 Å². The molecule has 4 heterocycles. The lowest BCUT2D eigenvalue weighted by Gasteiger charge is -2.28. The monoisotopic (exact) mass is 417 g/mol. The van der Waals surface area contributed by atoms with Gasteiger partial charge in [-0.2, -0.15) is 5.10 Å². The number of hydrogen-bond acceptors (Lipinski definition) is 6. The van der Waals surface area contributed by atoms with Crippen LogP contribution in [0, 0.1) is 5.82 Å². The first kappa shape index (κ1) is 18.1. The Balaban J connectivity index is 1.58. The fraction of sp³-hybridized carbons (Fsp3) is 0.273. The summed E-state index contributed by atoms with van der Waals surface area (Å²) in [6.45, 7) is 0.121. The number of anilines is 1. The molecule has 0 radical (unpaired) electrons. The second kappa shape index (κ2) is 6.90. The molecule has 0 atom stereocenters. The smallest absolute Gasteiger partial charge is 0.166 e. The molecule has 4 aromatic rings. The van der Waals surface area contributed by atoms with Crippen LogP contribution < -0.4 is 10.5 Å². The molecule has 0 amide bonds. The Kier molecular flexibility index (Phi) is 4.02. The normalized spacial score (nSPS) is 15.5. The van der Waals surface area contributed by atoms with Crippen molar-refractivity contribution in [3.05, 3.63) is 65.5 Å². The van der Waals surface area contributed by atoms with Gasteiger partial charge in [0.1, 0.15) is 12.4 Å². The van der Waals surface area contributed by atoms with E-state index in [1.54, 1.807) is 23.1 Å². The van der Waals surface area contributed by atoms with E-state index in [9.17, 15) is 4.39 Å². The maximum absolute atomic E-state index is 14.0. The van der Waals surface area contributed by atoms with Crippen molar-refractivity contribution in [2.75, 3.05) is 5.73 Å². The number of aromatic nitrogens is 6. The molecule has 3 aromatic heterocycles. The number of nitrogens with zero attached hydrogens (tertiary/aromatic N) is 6. The number of nitrogens with two attached hydrogens (primary N) is 1. The van der Waals surface area contributed by atoms with Gasteiger partial charge >= 0.3 is 0 Å². The van der Waals surface area contributed by atoms with Crippen LogP contribution in [0.1, 0.15) is 42.1 Å². The lowest BCUT2D eigenvalue weighted by Crippen LogP contribution is -2.19. The largest absolute Gasteiger partial charge is 0.485 e. The topological polar surface area (TPSA) is 96.7 Å². The minimum Gasteiger partial charge on any atom is -0.485 e. The highest BCUT2D eigenvalue weighted by Crippen LogP contribution is 2.38. The standard InChI is InChI=1S/C22H20FN7O/c23-16-4-5-19-15(6-16)12-31-20-8-14(9-25-22(20)24)21-13(7-18-11-26-28-29(18)19)10-27-30(21)17-2-1-3-17/h4-6,8-11,17H,1-3,7,12H2,(H2,24,25). The first-order valence-electron chi connectivity index (χ1n) is 10.3. The summed E-state index contributed by atoms with van der Waals surface area (Å²) in [6.07, 6.45) is 9.39. The van der Waals surface area contributed by atoms with E-state index in [2.05, 4.69) is 20.0 Å². The molecule has 156 valence electrons. The fourth-order valence-corrected chi connectivity index (χ4v) is 4.26. The molecule has 1 aliphatic carbocycles. The van der Waals surface area contributed by atoms with Crippen molar-refractivity contribution in [3.8, 4) is 22.7 Å². The molecular formula is C22H20FN7O. The van der Waals surface area contributed by atoms with Gasteiger partial charge in [-0.05, 0) is 43.5 Å². The lowest BCUT2D eigenvalue weighted by atomic mass is 9.92. The average Bonchev–Trinajstić information content (AvgIpc) is 3.33. The minimum absolute atomic E-state index is 0.121. The highest BCUT2D eigenvalue weighted by Gasteiger charge is 2.27. The van der Waals surface area contributed by atoms with Crippen molar-refractivity contribution < 1.29 is 9.13 Å². The zero-order valence-electron chi connectivity index (χ0n) is 16.7. The summed E-state index contributed by atoms with van der Waals surface area (Å²) in [6, 6.07) is 6.82. The quantitative estimate of drug-likeness (QED) is 0.510. The van der Waals surface area contributed by atoms with E-state index in [0.29, 0.717) is 29.5 Å². The summed E-state index contributed by atoms with van der Waals surface area (Å²) in [5.41, 5.74) is 11.3. The Morgan fingerprint density at radius 3 is 2.84 bits per heavy atom. The van der Waals surface area contributed by atoms with Crippen molar-refractivity contribution in [1.82, 2.24) is 29.8 Å². The maximum Gasteiger partial charge on any atom is 0.166 e. The summed E-state index contributed by atoms with van der Waals surface area (Å²) in [5.74, 6) is 0.399. The van der Waals surface area contributed by atoms with Crippen molar-refractivity contribution in [3.63, 3.8) is 0 Å². The van der Waals surface area contributed by atoms with Gasteiger partial charge in [-0.1, -0.05) is 5.21 Å². The predicted molar refractivity (Wildman–Crippen MR) is 111 cm³/mol. The third-order valence-corrected chi connectivity index (χ3v) is 6.09. The number of ether oxygens (including phenoxy) is 1. The van der Waals surface area contributed by atoms with Crippen LogP contribution in [-0.2, 0) is 13.0 Å². The van der Waals surface area contributed by atoms with E-state index in [-0.39, 0.29) is 18.2 Å². The number of fused-ring (bicyclic) bond motifs is 7. The van der Waals surface area contributed by atoms with Gasteiger partial charge in [0.2, 0.25) is 0 Å². The molecule has 6 rings (SSSR count). The van der Waals surface area contributed by atoms with Crippen LogP contribution in [0.5, 0.6) is 5.75 Å². The highest BCUT2D eigenvalue weighted by molar-refractivity contribution is 5.68. The molecule has 2 bridgehead atoms. The van der Waals surface area contributed by atoms with E-state index < -0.39 is 0 Å². The van der Waals surface area contributed by atoms with Gasteiger partial charge in [0.25, 0.3) is 0 Å². The molecule has 8 nitrogen and oxygen atoms in total. The summed E-state index contributed by atoms with van der Waals surface area (Å²) in [4.78, 5) is 4.37. The number of hydrogen-bond donors (Lipinski definition) is 1. The summed E-state index contributed by atoms with van der Waals surface area (Å²) in [5, 5.41) is 13.1. The average molecular weight is 417 g/mol. The predicted octanol–water partition coefficient (Wildman–Crippen LogP) is 3.46. The Bertz CT molecular complexity index is 1290. The Morgan fingerprint density at radius 1 is 1.10 bits per heavy atom. The van der Waals surface area contributed by atoms with Crippen molar-refractivity contribution in [1.29, 1.82) is 0 Å². The second-order valence-corrected chi connectivity index (χ2v) is 8.03. The second-order valence-electron chi connectivity index (χ2n) is 8.03. The van der Waals surface area contributed by atoms with Gasteiger partial charge in [0.15, 0.2) is 11.6 Å². The molecule has 31 heavy (non-hydrogen) atoms. The molecule has 0 spiro atoms. The van der Waals surface area contributed by atoms with Crippen molar-refractivity contribution >= 4 is 5.82 Å². The Hall–Kier alpha value is -3.75. The fourth-order valence-electron chi connectivity index (χ4n) is 4.26. The molecular weight excluding hydrogens is 397 g/mol. The molecule has 9 heteroatoms.